The monoisotopic (exact) mass is 426 g/mol. The fourth-order valence-corrected chi connectivity index (χ4v) is 3.13. The minimum atomic E-state index is -0.455. The van der Waals surface area contributed by atoms with Crippen molar-refractivity contribution in [2.24, 2.45) is 0 Å². The zero-order valence-corrected chi connectivity index (χ0v) is 16.5. The lowest BCUT2D eigenvalue weighted by Crippen LogP contribution is -2.30. The van der Waals surface area contributed by atoms with Crippen LogP contribution in [0.5, 0.6) is 5.75 Å². The molecule has 1 aliphatic heterocycles. The molecular weight excluding hydrogens is 408 g/mol. The number of hydrogen-bond donors (Lipinski definition) is 1. The summed E-state index contributed by atoms with van der Waals surface area (Å²) >= 11 is 3.43. The third kappa shape index (κ3) is 4.46. The highest BCUT2D eigenvalue weighted by Crippen LogP contribution is 2.27. The van der Waals surface area contributed by atoms with E-state index >= 15 is 0 Å². The lowest BCUT2D eigenvalue weighted by atomic mass is 10.1. The van der Waals surface area contributed by atoms with Crippen LogP contribution in [0.4, 0.5) is 4.79 Å². The van der Waals surface area contributed by atoms with E-state index in [2.05, 4.69) is 33.9 Å². The van der Waals surface area contributed by atoms with Crippen LogP contribution in [0, 0.1) is 6.92 Å². The number of aryl methyl sites for hydroxylation is 1. The van der Waals surface area contributed by atoms with E-state index in [0.29, 0.717) is 17.9 Å². The van der Waals surface area contributed by atoms with Crippen molar-refractivity contribution in [3.8, 4) is 5.75 Å². The number of nitrogens with zero attached hydrogens (tertiary/aromatic N) is 1. The summed E-state index contributed by atoms with van der Waals surface area (Å²) in [5.41, 5.74) is 3.12. The maximum absolute atomic E-state index is 12.4. The number of carbonyl (C=O) groups is 2. The molecule has 6 heteroatoms. The van der Waals surface area contributed by atoms with Gasteiger partial charge < -0.3 is 10.1 Å². The number of hydrogen-bond acceptors (Lipinski definition) is 3. The van der Waals surface area contributed by atoms with Gasteiger partial charge in [-0.3, -0.25) is 9.69 Å². The van der Waals surface area contributed by atoms with Gasteiger partial charge in [0, 0.05) is 16.6 Å². The van der Waals surface area contributed by atoms with Crippen LogP contribution in [-0.4, -0.2) is 23.4 Å². The molecule has 1 aliphatic rings. The van der Waals surface area contributed by atoms with Gasteiger partial charge >= 0.3 is 6.03 Å². The second kappa shape index (κ2) is 8.22. The number of imide groups is 1. The van der Waals surface area contributed by atoms with Gasteiger partial charge in [0.25, 0.3) is 5.91 Å². The summed E-state index contributed by atoms with van der Waals surface area (Å²) in [7, 11) is 0. The molecule has 1 fully saturated rings. The molecule has 0 atom stereocenters. The van der Waals surface area contributed by atoms with Crippen molar-refractivity contribution in [2.45, 2.75) is 13.5 Å². The zero-order valence-electron chi connectivity index (χ0n) is 14.9. The van der Waals surface area contributed by atoms with Crippen molar-refractivity contribution in [1.29, 1.82) is 0 Å². The summed E-state index contributed by atoms with van der Waals surface area (Å²) in [6.45, 7) is 6.17. The molecule has 138 valence electrons. The van der Waals surface area contributed by atoms with E-state index in [1.165, 1.54) is 6.08 Å². The Hall–Kier alpha value is -2.86. The molecule has 27 heavy (non-hydrogen) atoms. The van der Waals surface area contributed by atoms with E-state index < -0.39 is 6.03 Å². The molecular formula is C21H19BrN2O3. The summed E-state index contributed by atoms with van der Waals surface area (Å²) in [5, 5.41) is 2.59. The molecule has 1 saturated heterocycles. The third-order valence-corrected chi connectivity index (χ3v) is 4.52. The van der Waals surface area contributed by atoms with Crippen molar-refractivity contribution < 1.29 is 14.3 Å². The van der Waals surface area contributed by atoms with Crippen LogP contribution in [0.2, 0.25) is 0 Å². The van der Waals surface area contributed by atoms with Crippen molar-refractivity contribution in [3.05, 3.63) is 82.0 Å². The van der Waals surface area contributed by atoms with Crippen molar-refractivity contribution in [2.75, 3.05) is 6.54 Å². The fraction of sp³-hybridized carbons (Fsp3) is 0.143. The average molecular weight is 427 g/mol. The van der Waals surface area contributed by atoms with Gasteiger partial charge in [-0.15, -0.1) is 6.58 Å². The summed E-state index contributed by atoms with van der Waals surface area (Å²) in [4.78, 5) is 25.4. The van der Waals surface area contributed by atoms with Gasteiger partial charge in [-0.1, -0.05) is 51.8 Å². The summed E-state index contributed by atoms with van der Waals surface area (Å²) in [6.07, 6.45) is 3.13. The Morgan fingerprint density at radius 1 is 1.22 bits per heavy atom. The number of ether oxygens (including phenoxy) is 1. The highest BCUT2D eigenvalue weighted by molar-refractivity contribution is 9.10. The van der Waals surface area contributed by atoms with E-state index in [0.717, 1.165) is 20.5 Å². The van der Waals surface area contributed by atoms with E-state index in [4.69, 9.17) is 4.74 Å². The van der Waals surface area contributed by atoms with Crippen molar-refractivity contribution in [3.63, 3.8) is 0 Å². The number of nitrogens with one attached hydrogen (secondary N) is 1. The largest absolute Gasteiger partial charge is 0.488 e. The van der Waals surface area contributed by atoms with Crippen molar-refractivity contribution in [1.82, 2.24) is 10.2 Å². The average Bonchev–Trinajstić information content (AvgIpc) is 2.89. The number of amides is 3. The van der Waals surface area contributed by atoms with Crippen LogP contribution in [0.15, 0.2) is 65.3 Å². The highest BCUT2D eigenvalue weighted by Gasteiger charge is 2.32. The molecule has 0 unspecified atom stereocenters. The van der Waals surface area contributed by atoms with Crippen molar-refractivity contribution >= 4 is 33.9 Å². The van der Waals surface area contributed by atoms with Crippen LogP contribution in [-0.2, 0) is 11.4 Å². The molecule has 0 aromatic heterocycles. The molecule has 2 aromatic rings. The summed E-state index contributed by atoms with van der Waals surface area (Å²) < 4.78 is 6.81. The van der Waals surface area contributed by atoms with E-state index in [1.807, 2.05) is 43.3 Å². The Kier molecular flexibility index (Phi) is 5.76. The van der Waals surface area contributed by atoms with Gasteiger partial charge in [0.05, 0.1) is 0 Å². The molecule has 0 radical (unpaired) electrons. The van der Waals surface area contributed by atoms with Crippen LogP contribution in [0.1, 0.15) is 16.7 Å². The molecule has 5 nitrogen and oxygen atoms in total. The molecule has 0 aliphatic carbocycles. The smallest absolute Gasteiger partial charge is 0.329 e. The number of halogens is 1. The quantitative estimate of drug-likeness (QED) is 0.422. The topological polar surface area (TPSA) is 58.6 Å². The minimum Gasteiger partial charge on any atom is -0.488 e. The lowest BCUT2D eigenvalue weighted by molar-refractivity contribution is -0.122. The second-order valence-corrected chi connectivity index (χ2v) is 7.07. The second-order valence-electron chi connectivity index (χ2n) is 6.15. The minimum absolute atomic E-state index is 0.164. The van der Waals surface area contributed by atoms with Gasteiger partial charge in [-0.2, -0.15) is 0 Å². The van der Waals surface area contributed by atoms with E-state index in [1.54, 1.807) is 6.08 Å². The maximum Gasteiger partial charge on any atom is 0.329 e. The number of carbonyl (C=O) groups excluding carboxylic acids is 2. The predicted octanol–water partition coefficient (Wildman–Crippen LogP) is 4.42. The van der Waals surface area contributed by atoms with Crippen LogP contribution in [0.3, 0.4) is 0 Å². The van der Waals surface area contributed by atoms with Gasteiger partial charge in [0.2, 0.25) is 0 Å². The van der Waals surface area contributed by atoms with Crippen LogP contribution < -0.4 is 10.1 Å². The first-order valence-corrected chi connectivity index (χ1v) is 9.20. The molecule has 3 amide bonds. The summed E-state index contributed by atoms with van der Waals surface area (Å²) in [5.74, 6) is 0.237. The first-order chi connectivity index (χ1) is 13.0. The van der Waals surface area contributed by atoms with Gasteiger partial charge in [-0.25, -0.2) is 4.79 Å². The van der Waals surface area contributed by atoms with Gasteiger partial charge in [0.15, 0.2) is 0 Å². The van der Waals surface area contributed by atoms with E-state index in [9.17, 15) is 9.59 Å². The number of urea groups is 1. The first-order valence-electron chi connectivity index (χ1n) is 8.41. The fourth-order valence-electron chi connectivity index (χ4n) is 2.75. The molecule has 2 aromatic carbocycles. The normalized spacial score (nSPS) is 15.2. The molecule has 1 heterocycles. The SMILES string of the molecule is C=CCN1C(=O)N/C(=C/c2cc(Br)ccc2OCc2cccc(C)c2)C1=O. The Bertz CT molecular complexity index is 937. The van der Waals surface area contributed by atoms with Gasteiger partial charge in [0.1, 0.15) is 18.1 Å². The van der Waals surface area contributed by atoms with Gasteiger partial charge in [-0.05, 0) is 36.8 Å². The number of benzene rings is 2. The lowest BCUT2D eigenvalue weighted by Gasteiger charge is -2.11. The Balaban J connectivity index is 1.85. The molecule has 1 N–H and O–H groups in total. The maximum atomic E-state index is 12.4. The van der Waals surface area contributed by atoms with Crippen LogP contribution in [0.25, 0.3) is 6.08 Å². The summed E-state index contributed by atoms with van der Waals surface area (Å²) in [6, 6.07) is 13.2. The molecule has 0 bridgehead atoms. The molecule has 3 rings (SSSR count). The van der Waals surface area contributed by atoms with E-state index in [-0.39, 0.29) is 18.1 Å². The zero-order chi connectivity index (χ0) is 19.4. The standard InChI is InChI=1S/C21H19BrN2O3/c1-3-9-24-20(25)18(23-21(24)26)12-16-11-17(22)7-8-19(16)27-13-15-6-4-5-14(2)10-15/h3-8,10-12H,1,9,13H2,2H3,(H,23,26)/b18-12+. The first kappa shape index (κ1) is 18.9. The molecule has 0 saturated carbocycles. The Morgan fingerprint density at radius 2 is 2.04 bits per heavy atom. The Labute approximate surface area is 166 Å². The highest BCUT2D eigenvalue weighted by atomic mass is 79.9. The van der Waals surface area contributed by atoms with Crippen LogP contribution >= 0.6 is 15.9 Å². The molecule has 0 spiro atoms. The Morgan fingerprint density at radius 3 is 2.78 bits per heavy atom. The third-order valence-electron chi connectivity index (χ3n) is 4.02. The predicted molar refractivity (Wildman–Crippen MR) is 108 cm³/mol. The number of rotatable bonds is 6.